The number of benzene rings is 1. The molecule has 1 saturated carbocycles. The lowest BCUT2D eigenvalue weighted by molar-refractivity contribution is -0.125. The molecular formula is C20H26FN3O3S. The van der Waals surface area contributed by atoms with Gasteiger partial charge in [-0.05, 0) is 56.0 Å². The van der Waals surface area contributed by atoms with Gasteiger partial charge in [-0.3, -0.25) is 19.6 Å². The van der Waals surface area contributed by atoms with Gasteiger partial charge < -0.3 is 10.1 Å². The lowest BCUT2D eigenvalue weighted by atomic mass is 10.1. The fourth-order valence-corrected chi connectivity index (χ4v) is 3.48. The summed E-state index contributed by atoms with van der Waals surface area (Å²) in [4.78, 5) is 22.5. The molecular weight excluding hydrogens is 381 g/mol. The van der Waals surface area contributed by atoms with Crippen molar-refractivity contribution < 1.29 is 18.7 Å². The Kier molecular flexibility index (Phi) is 7.33. The Labute approximate surface area is 168 Å². The molecule has 6 nitrogen and oxygen atoms in total. The van der Waals surface area contributed by atoms with Crippen molar-refractivity contribution in [1.82, 2.24) is 15.4 Å². The van der Waals surface area contributed by atoms with Gasteiger partial charge in [-0.15, -0.1) is 0 Å². The number of imide groups is 1. The molecule has 1 aromatic rings. The number of amides is 2. The van der Waals surface area contributed by atoms with Gasteiger partial charge in [0.1, 0.15) is 6.04 Å². The molecule has 3 N–H and O–H groups in total. The van der Waals surface area contributed by atoms with E-state index in [1.807, 2.05) is 13.0 Å². The Morgan fingerprint density at radius 2 is 2.21 bits per heavy atom. The number of allylic oxidation sites excluding steroid dienone is 1. The van der Waals surface area contributed by atoms with Crippen molar-refractivity contribution in [1.29, 1.82) is 0 Å². The van der Waals surface area contributed by atoms with Crippen LogP contribution in [-0.2, 0) is 9.59 Å². The van der Waals surface area contributed by atoms with E-state index in [4.69, 9.17) is 4.74 Å². The fourth-order valence-electron chi connectivity index (χ4n) is 2.73. The lowest BCUT2D eigenvalue weighted by Crippen LogP contribution is -2.33. The van der Waals surface area contributed by atoms with Crippen LogP contribution in [0, 0.1) is 11.7 Å². The molecule has 2 amide bonds. The van der Waals surface area contributed by atoms with E-state index in [1.54, 1.807) is 30.3 Å². The second-order valence-corrected chi connectivity index (χ2v) is 8.09. The molecule has 2 atom stereocenters. The summed E-state index contributed by atoms with van der Waals surface area (Å²) in [6.45, 7) is 2.62. The molecule has 1 aliphatic heterocycles. The third kappa shape index (κ3) is 6.24. The predicted octanol–water partition coefficient (Wildman–Crippen LogP) is 2.82. The van der Waals surface area contributed by atoms with Crippen molar-refractivity contribution >= 4 is 23.8 Å². The molecule has 152 valence electrons. The maximum Gasteiger partial charge on any atom is 0.249 e. The number of carbonyl (C=O) groups excluding carboxylic acids is 2. The highest BCUT2D eigenvalue weighted by Crippen LogP contribution is 2.31. The zero-order valence-corrected chi connectivity index (χ0v) is 16.7. The quantitative estimate of drug-likeness (QED) is 0.297. The van der Waals surface area contributed by atoms with E-state index in [2.05, 4.69) is 15.4 Å². The first-order valence-corrected chi connectivity index (χ1v) is 10.6. The van der Waals surface area contributed by atoms with Crippen molar-refractivity contribution in [3.8, 4) is 5.75 Å². The van der Waals surface area contributed by atoms with Crippen LogP contribution in [0.25, 0.3) is 0 Å². The highest BCUT2D eigenvalue weighted by atomic mass is 32.2. The van der Waals surface area contributed by atoms with E-state index in [0.717, 1.165) is 17.7 Å². The van der Waals surface area contributed by atoms with E-state index in [-0.39, 0.29) is 30.1 Å². The molecule has 2 unspecified atom stereocenters. The normalized spacial score (nSPS) is 20.4. The number of halogens is 1. The van der Waals surface area contributed by atoms with E-state index >= 15 is 0 Å². The first kappa shape index (κ1) is 20.7. The van der Waals surface area contributed by atoms with Gasteiger partial charge in [-0.1, -0.05) is 24.1 Å². The zero-order valence-electron chi connectivity index (χ0n) is 15.9. The number of hydrogen-bond donors (Lipinski definition) is 3. The van der Waals surface area contributed by atoms with Crippen LogP contribution in [0.15, 0.2) is 30.5 Å². The van der Waals surface area contributed by atoms with Crippen molar-refractivity contribution in [2.45, 2.75) is 44.7 Å². The summed E-state index contributed by atoms with van der Waals surface area (Å²) >= 11 is 1.58. The summed E-state index contributed by atoms with van der Waals surface area (Å²) in [5.41, 5.74) is 0.980. The summed E-state index contributed by atoms with van der Waals surface area (Å²) in [7, 11) is 0. The molecule has 8 heteroatoms. The monoisotopic (exact) mass is 407 g/mol. The molecule has 0 spiro atoms. The van der Waals surface area contributed by atoms with Crippen LogP contribution >= 0.6 is 11.9 Å². The van der Waals surface area contributed by atoms with Crippen LogP contribution in [0.3, 0.4) is 0 Å². The van der Waals surface area contributed by atoms with Gasteiger partial charge in [-0.2, -0.15) is 0 Å². The molecule has 1 saturated heterocycles. The maximum absolute atomic E-state index is 13.9. The van der Waals surface area contributed by atoms with E-state index < -0.39 is 6.04 Å². The summed E-state index contributed by atoms with van der Waals surface area (Å²) in [6, 6.07) is 4.59. The van der Waals surface area contributed by atoms with E-state index in [1.165, 1.54) is 18.9 Å². The smallest absolute Gasteiger partial charge is 0.249 e. The molecule has 28 heavy (non-hydrogen) atoms. The molecule has 0 radical (unpaired) electrons. The second kappa shape index (κ2) is 9.93. The summed E-state index contributed by atoms with van der Waals surface area (Å²) in [5.74, 6) is 0.905. The van der Waals surface area contributed by atoms with Crippen LogP contribution in [0.1, 0.15) is 44.2 Å². The van der Waals surface area contributed by atoms with E-state index in [0.29, 0.717) is 18.3 Å². The topological polar surface area (TPSA) is 79.5 Å². The highest BCUT2D eigenvalue weighted by Gasteiger charge is 2.29. The summed E-state index contributed by atoms with van der Waals surface area (Å²) in [6.07, 6.45) is 6.98. The Balaban J connectivity index is 1.34. The number of nitrogens with one attached hydrogen (secondary N) is 3. The van der Waals surface area contributed by atoms with Gasteiger partial charge >= 0.3 is 0 Å². The van der Waals surface area contributed by atoms with Gasteiger partial charge in [0.15, 0.2) is 11.6 Å². The van der Waals surface area contributed by atoms with Crippen LogP contribution in [0.4, 0.5) is 4.39 Å². The van der Waals surface area contributed by atoms with Crippen LogP contribution in [0.2, 0.25) is 0 Å². The third-order valence-corrected chi connectivity index (χ3v) is 5.62. The van der Waals surface area contributed by atoms with Crippen molar-refractivity contribution in [3.05, 3.63) is 41.9 Å². The van der Waals surface area contributed by atoms with Crippen molar-refractivity contribution in [3.63, 3.8) is 0 Å². The largest absolute Gasteiger partial charge is 0.490 e. The Morgan fingerprint density at radius 1 is 1.39 bits per heavy atom. The minimum atomic E-state index is -0.468. The minimum Gasteiger partial charge on any atom is -0.490 e. The van der Waals surface area contributed by atoms with Crippen LogP contribution in [0.5, 0.6) is 5.75 Å². The number of rotatable bonds is 11. The molecule has 3 rings (SSSR count). The second-order valence-electron chi connectivity index (χ2n) is 7.16. The molecule has 1 heterocycles. The van der Waals surface area contributed by atoms with Gasteiger partial charge in [-0.25, -0.2) is 4.39 Å². The highest BCUT2D eigenvalue weighted by molar-refractivity contribution is 7.97. The average molecular weight is 408 g/mol. The number of hydrogen-bond acceptors (Lipinski definition) is 6. The standard InChI is InChI=1S/C20H26FN3O3S/c1-13(15-6-7-16(21)18(10-15)27-12-14-4-5-14)24-28-9-3-2-8-22-17-11-19(25)23-20(17)26/h2,6-8,10,13-14,17,22,24H,3-5,9,11-12H2,1H3,(H,23,25,26)/b8-2+. The van der Waals surface area contributed by atoms with Gasteiger partial charge in [0.25, 0.3) is 0 Å². The molecule has 1 aliphatic carbocycles. The molecule has 2 aliphatic rings. The van der Waals surface area contributed by atoms with Crippen LogP contribution < -0.4 is 20.1 Å². The Morgan fingerprint density at radius 3 is 2.93 bits per heavy atom. The van der Waals surface area contributed by atoms with Crippen LogP contribution in [-0.4, -0.2) is 30.2 Å². The molecule has 0 aromatic heterocycles. The Bertz CT molecular complexity index is 739. The third-order valence-electron chi connectivity index (χ3n) is 4.66. The fraction of sp³-hybridized carbons (Fsp3) is 0.500. The van der Waals surface area contributed by atoms with E-state index in [9.17, 15) is 14.0 Å². The number of carbonyl (C=O) groups is 2. The van der Waals surface area contributed by atoms with Gasteiger partial charge in [0.05, 0.1) is 13.0 Å². The Hall–Kier alpha value is -2.06. The summed E-state index contributed by atoms with van der Waals surface area (Å²) in [5, 5.41) is 5.19. The maximum atomic E-state index is 13.9. The first-order chi connectivity index (χ1) is 13.5. The molecule has 0 bridgehead atoms. The minimum absolute atomic E-state index is 0.0594. The lowest BCUT2D eigenvalue weighted by Gasteiger charge is -2.15. The van der Waals surface area contributed by atoms with Gasteiger partial charge in [0, 0.05) is 11.8 Å². The van der Waals surface area contributed by atoms with Crippen molar-refractivity contribution in [2.75, 3.05) is 12.4 Å². The molecule has 2 fully saturated rings. The predicted molar refractivity (Wildman–Crippen MR) is 107 cm³/mol. The van der Waals surface area contributed by atoms with Gasteiger partial charge in [0.2, 0.25) is 11.8 Å². The van der Waals surface area contributed by atoms with Crippen molar-refractivity contribution in [2.24, 2.45) is 5.92 Å². The SMILES string of the molecule is CC(NSCC/C=C/NC1CC(=O)NC1=O)c1ccc(F)c(OCC2CC2)c1. The first-order valence-electron chi connectivity index (χ1n) is 9.57. The zero-order chi connectivity index (χ0) is 19.9. The molecule has 1 aromatic carbocycles. The average Bonchev–Trinajstić information content (AvgIpc) is 3.44. The summed E-state index contributed by atoms with van der Waals surface area (Å²) < 4.78 is 22.8. The number of ether oxygens (including phenoxy) is 1.